The first kappa shape index (κ1) is 11.9. The van der Waals surface area contributed by atoms with Crippen molar-refractivity contribution in [2.24, 2.45) is 11.8 Å². The molecule has 0 bridgehead atoms. The second kappa shape index (κ2) is 4.37. The van der Waals surface area contributed by atoms with Gasteiger partial charge in [-0.05, 0) is 29.5 Å². The number of hydrogen-bond acceptors (Lipinski definition) is 2. The van der Waals surface area contributed by atoms with Gasteiger partial charge in [-0.3, -0.25) is 0 Å². The fourth-order valence-electron chi connectivity index (χ4n) is 1.90. The molecular weight excluding hydrogens is 216 g/mol. The van der Waals surface area contributed by atoms with E-state index >= 15 is 0 Å². The first-order chi connectivity index (χ1) is 7.99. The number of nitrogens with one attached hydrogen (secondary N) is 2. The molecule has 4 nitrogen and oxygen atoms in total. The molecule has 0 spiro atoms. The normalized spacial score (nSPS) is 15.4. The van der Waals surface area contributed by atoms with E-state index < -0.39 is 6.10 Å². The number of H-pyrrole nitrogens is 2. The lowest BCUT2D eigenvalue weighted by molar-refractivity contribution is 0.0922. The summed E-state index contributed by atoms with van der Waals surface area (Å²) in [5.41, 5.74) is 2.13. The van der Waals surface area contributed by atoms with Crippen molar-refractivity contribution in [3.63, 3.8) is 0 Å². The van der Waals surface area contributed by atoms with Gasteiger partial charge in [0.2, 0.25) is 0 Å². The van der Waals surface area contributed by atoms with E-state index in [4.69, 9.17) is 0 Å². The molecule has 92 valence electrons. The second-order valence-corrected chi connectivity index (χ2v) is 4.93. The van der Waals surface area contributed by atoms with Crippen molar-refractivity contribution >= 4 is 11.0 Å². The van der Waals surface area contributed by atoms with Crippen molar-refractivity contribution in [3.05, 3.63) is 34.2 Å². The van der Waals surface area contributed by atoms with Gasteiger partial charge in [-0.25, -0.2) is 4.79 Å². The van der Waals surface area contributed by atoms with Crippen LogP contribution < -0.4 is 5.69 Å². The Hall–Kier alpha value is -1.55. The molecule has 1 aromatic carbocycles. The lowest BCUT2D eigenvalue weighted by Crippen LogP contribution is -2.14. The molecule has 1 aromatic heterocycles. The third-order valence-electron chi connectivity index (χ3n) is 3.43. The molecule has 2 aromatic rings. The van der Waals surface area contributed by atoms with Gasteiger partial charge < -0.3 is 15.1 Å². The van der Waals surface area contributed by atoms with E-state index in [-0.39, 0.29) is 11.6 Å². The summed E-state index contributed by atoms with van der Waals surface area (Å²) >= 11 is 0. The minimum atomic E-state index is -0.502. The smallest absolute Gasteiger partial charge is 0.323 e. The average molecular weight is 234 g/mol. The summed E-state index contributed by atoms with van der Waals surface area (Å²) in [7, 11) is 0. The van der Waals surface area contributed by atoms with Crippen LogP contribution in [0.2, 0.25) is 0 Å². The minimum Gasteiger partial charge on any atom is -0.388 e. The summed E-state index contributed by atoms with van der Waals surface area (Å²) in [6, 6.07) is 5.51. The van der Waals surface area contributed by atoms with Crippen LogP contribution in [0.1, 0.15) is 32.4 Å². The molecule has 0 aliphatic heterocycles. The maximum Gasteiger partial charge on any atom is 0.323 e. The molecule has 0 saturated heterocycles. The average Bonchev–Trinajstić information content (AvgIpc) is 2.65. The molecule has 0 aliphatic rings. The first-order valence-corrected chi connectivity index (χ1v) is 5.89. The standard InChI is InChI=1S/C13H18N2O2/c1-7(2)8(3)12(16)9-4-5-10-11(6-9)15-13(17)14-10/h4-8,12,16H,1-3H3,(H2,14,15,17). The number of aromatic nitrogens is 2. The highest BCUT2D eigenvalue weighted by Crippen LogP contribution is 2.28. The fraction of sp³-hybridized carbons (Fsp3) is 0.462. The SMILES string of the molecule is CC(C)C(C)C(O)c1ccc2[nH]c(=O)[nH]c2c1. The van der Waals surface area contributed by atoms with Gasteiger partial charge in [0.25, 0.3) is 0 Å². The van der Waals surface area contributed by atoms with Crippen molar-refractivity contribution in [2.75, 3.05) is 0 Å². The van der Waals surface area contributed by atoms with Crippen LogP contribution in [-0.2, 0) is 0 Å². The summed E-state index contributed by atoms with van der Waals surface area (Å²) in [6.45, 7) is 6.20. The molecule has 2 rings (SSSR count). The molecule has 0 fully saturated rings. The topological polar surface area (TPSA) is 68.9 Å². The number of aromatic amines is 2. The van der Waals surface area contributed by atoms with Gasteiger partial charge in [0.1, 0.15) is 0 Å². The van der Waals surface area contributed by atoms with Crippen molar-refractivity contribution in [3.8, 4) is 0 Å². The number of benzene rings is 1. The molecular formula is C13H18N2O2. The van der Waals surface area contributed by atoms with E-state index in [9.17, 15) is 9.90 Å². The van der Waals surface area contributed by atoms with Crippen LogP contribution >= 0.6 is 0 Å². The van der Waals surface area contributed by atoms with E-state index in [1.165, 1.54) is 0 Å². The highest BCUT2D eigenvalue weighted by atomic mass is 16.3. The molecule has 2 atom stereocenters. The van der Waals surface area contributed by atoms with Crippen LogP contribution in [0.25, 0.3) is 11.0 Å². The molecule has 0 radical (unpaired) electrons. The summed E-state index contributed by atoms with van der Waals surface area (Å²) in [5, 5.41) is 10.2. The summed E-state index contributed by atoms with van der Waals surface area (Å²) in [5.74, 6) is 0.587. The molecule has 3 N–H and O–H groups in total. The van der Waals surface area contributed by atoms with Gasteiger partial charge in [-0.1, -0.05) is 26.8 Å². The van der Waals surface area contributed by atoms with Crippen LogP contribution in [0.5, 0.6) is 0 Å². The van der Waals surface area contributed by atoms with Crippen LogP contribution in [-0.4, -0.2) is 15.1 Å². The molecule has 0 amide bonds. The number of rotatable bonds is 3. The van der Waals surface area contributed by atoms with E-state index in [1.807, 2.05) is 25.1 Å². The van der Waals surface area contributed by atoms with Gasteiger partial charge in [0.05, 0.1) is 17.1 Å². The number of imidazole rings is 1. The Balaban J connectivity index is 2.38. The van der Waals surface area contributed by atoms with E-state index in [0.717, 1.165) is 16.6 Å². The number of fused-ring (bicyclic) bond motifs is 1. The highest BCUT2D eigenvalue weighted by molar-refractivity contribution is 5.75. The first-order valence-electron chi connectivity index (χ1n) is 5.89. The lowest BCUT2D eigenvalue weighted by Gasteiger charge is -2.22. The lowest BCUT2D eigenvalue weighted by atomic mass is 9.88. The predicted molar refractivity (Wildman–Crippen MR) is 67.9 cm³/mol. The minimum absolute atomic E-state index is 0.179. The highest BCUT2D eigenvalue weighted by Gasteiger charge is 2.19. The Kier molecular flexibility index (Phi) is 3.07. The largest absolute Gasteiger partial charge is 0.388 e. The molecule has 17 heavy (non-hydrogen) atoms. The predicted octanol–water partition coefficient (Wildman–Crippen LogP) is 2.18. The molecule has 4 heteroatoms. The summed E-state index contributed by atoms with van der Waals surface area (Å²) < 4.78 is 0. The van der Waals surface area contributed by atoms with Crippen molar-refractivity contribution in [1.82, 2.24) is 9.97 Å². The van der Waals surface area contributed by atoms with Gasteiger partial charge >= 0.3 is 5.69 Å². The Bertz CT molecular complexity index is 568. The zero-order valence-electron chi connectivity index (χ0n) is 10.3. The fourth-order valence-corrected chi connectivity index (χ4v) is 1.90. The molecule has 0 aliphatic carbocycles. The number of aliphatic hydroxyl groups excluding tert-OH is 1. The summed E-state index contributed by atoms with van der Waals surface area (Å²) in [6.07, 6.45) is -0.502. The van der Waals surface area contributed by atoms with Gasteiger partial charge in [0, 0.05) is 0 Å². The van der Waals surface area contributed by atoms with Crippen molar-refractivity contribution < 1.29 is 5.11 Å². The zero-order chi connectivity index (χ0) is 12.6. The van der Waals surface area contributed by atoms with Gasteiger partial charge in [0.15, 0.2) is 0 Å². The number of aliphatic hydroxyl groups is 1. The van der Waals surface area contributed by atoms with Crippen molar-refractivity contribution in [1.29, 1.82) is 0 Å². The van der Waals surface area contributed by atoms with Crippen LogP contribution in [0.3, 0.4) is 0 Å². The zero-order valence-corrected chi connectivity index (χ0v) is 10.3. The third-order valence-corrected chi connectivity index (χ3v) is 3.43. The second-order valence-electron chi connectivity index (χ2n) is 4.93. The van der Waals surface area contributed by atoms with Crippen LogP contribution in [0.4, 0.5) is 0 Å². The maximum atomic E-state index is 11.1. The van der Waals surface area contributed by atoms with Crippen molar-refractivity contribution in [2.45, 2.75) is 26.9 Å². The Morgan fingerprint density at radius 2 is 1.76 bits per heavy atom. The Morgan fingerprint density at radius 1 is 1.12 bits per heavy atom. The monoisotopic (exact) mass is 234 g/mol. The Morgan fingerprint density at radius 3 is 2.41 bits per heavy atom. The molecule has 0 saturated carbocycles. The quantitative estimate of drug-likeness (QED) is 0.762. The van der Waals surface area contributed by atoms with E-state index in [0.29, 0.717) is 5.92 Å². The number of hydrogen-bond donors (Lipinski definition) is 3. The van der Waals surface area contributed by atoms with E-state index in [2.05, 4.69) is 23.8 Å². The van der Waals surface area contributed by atoms with Crippen LogP contribution in [0, 0.1) is 11.8 Å². The molecule has 2 unspecified atom stereocenters. The van der Waals surface area contributed by atoms with Gasteiger partial charge in [-0.15, -0.1) is 0 Å². The third kappa shape index (κ3) is 2.26. The van der Waals surface area contributed by atoms with Gasteiger partial charge in [-0.2, -0.15) is 0 Å². The Labute approximate surface area is 99.7 Å². The molecule has 1 heterocycles. The van der Waals surface area contributed by atoms with Crippen LogP contribution in [0.15, 0.2) is 23.0 Å². The maximum absolute atomic E-state index is 11.1. The van der Waals surface area contributed by atoms with E-state index in [1.54, 1.807) is 0 Å². The summed E-state index contributed by atoms with van der Waals surface area (Å²) in [4.78, 5) is 16.5.